The molecule has 10 atom stereocenters. The van der Waals surface area contributed by atoms with Crippen LogP contribution in [0.15, 0.2) is 57.3 Å². The normalized spacial score (nSPS) is 29.7. The average Bonchev–Trinajstić information content (AvgIpc) is 3.09. The molecule has 0 bridgehead atoms. The number of esters is 1. The first-order chi connectivity index (χ1) is 23.7. The van der Waals surface area contributed by atoms with Crippen LogP contribution in [0, 0.1) is 11.8 Å². The van der Waals surface area contributed by atoms with Gasteiger partial charge in [0.15, 0.2) is 5.76 Å². The lowest BCUT2D eigenvalue weighted by Crippen LogP contribution is -2.60. The highest BCUT2D eigenvalue weighted by Crippen LogP contribution is 2.40. The van der Waals surface area contributed by atoms with Gasteiger partial charge in [0, 0.05) is 24.0 Å². The minimum absolute atomic E-state index is 0.0863. The van der Waals surface area contributed by atoms with Crippen molar-refractivity contribution in [3.05, 3.63) is 63.8 Å². The Labute approximate surface area is 289 Å². The number of aliphatic hydroxyl groups is 5. The van der Waals surface area contributed by atoms with E-state index in [0.29, 0.717) is 23.3 Å². The summed E-state index contributed by atoms with van der Waals surface area (Å²) in [5.41, 5.74) is 1.51. The van der Waals surface area contributed by atoms with E-state index in [1.165, 1.54) is 26.2 Å². The van der Waals surface area contributed by atoms with Crippen molar-refractivity contribution in [3.63, 3.8) is 0 Å². The molecule has 2 aliphatic rings. The van der Waals surface area contributed by atoms with Crippen molar-refractivity contribution < 1.29 is 58.4 Å². The Morgan fingerprint density at radius 1 is 0.940 bits per heavy atom. The van der Waals surface area contributed by atoms with Gasteiger partial charge < -0.3 is 53.6 Å². The van der Waals surface area contributed by atoms with Crippen molar-refractivity contribution in [3.8, 4) is 28.6 Å². The highest BCUT2D eigenvalue weighted by Gasteiger charge is 2.46. The minimum Gasteiger partial charge on any atom is -0.497 e. The van der Waals surface area contributed by atoms with E-state index in [0.717, 1.165) is 5.57 Å². The highest BCUT2D eigenvalue weighted by molar-refractivity contribution is 5.86. The van der Waals surface area contributed by atoms with Crippen LogP contribution in [-0.4, -0.2) is 94.2 Å². The summed E-state index contributed by atoms with van der Waals surface area (Å²) in [5, 5.41) is 52.5. The van der Waals surface area contributed by atoms with Crippen LogP contribution in [0.3, 0.4) is 0 Å². The fourth-order valence-corrected chi connectivity index (χ4v) is 6.59. The van der Waals surface area contributed by atoms with E-state index >= 15 is 0 Å². The maximum absolute atomic E-state index is 14.4. The molecule has 1 saturated heterocycles. The predicted octanol–water partition coefficient (Wildman–Crippen LogP) is 2.87. The third kappa shape index (κ3) is 7.53. The molecule has 0 unspecified atom stereocenters. The second kappa shape index (κ2) is 15.5. The molecule has 2 aromatic carbocycles. The van der Waals surface area contributed by atoms with Crippen molar-refractivity contribution in [2.24, 2.45) is 11.8 Å². The molecular weight excluding hydrogens is 652 g/mol. The van der Waals surface area contributed by atoms with Gasteiger partial charge in [-0.25, -0.2) is 0 Å². The number of carbonyl (C=O) groups is 1. The van der Waals surface area contributed by atoms with E-state index in [1.54, 1.807) is 31.2 Å². The lowest BCUT2D eigenvalue weighted by atomic mass is 9.76. The summed E-state index contributed by atoms with van der Waals surface area (Å²) in [6.07, 6.45) is -7.57. The molecule has 5 N–H and O–H groups in total. The molecule has 2 fully saturated rings. The molecule has 50 heavy (non-hydrogen) atoms. The SMILES string of the molecule is COc1ccc(-c2oc3c(CC=C(C)C)c(O[C@H]4O[C@H](CO)[C@@H](O)[C@H](O)[C@H]4O)ccc3c(=O)c2O[C@@H]2C[C@H](C)[C@H](OC(C)=O)[C@@H](C)[C@H]2O)cc1. The number of rotatable bonds is 10. The molecule has 1 aliphatic carbocycles. The Bertz CT molecular complexity index is 1740. The molecule has 3 aromatic rings. The maximum atomic E-state index is 14.4. The van der Waals surface area contributed by atoms with Gasteiger partial charge in [-0.3, -0.25) is 9.59 Å². The molecule has 0 amide bonds. The molecule has 2 heterocycles. The monoisotopic (exact) mass is 698 g/mol. The van der Waals surface area contributed by atoms with Gasteiger partial charge in [-0.1, -0.05) is 25.5 Å². The van der Waals surface area contributed by atoms with E-state index in [2.05, 4.69) is 0 Å². The van der Waals surface area contributed by atoms with Gasteiger partial charge >= 0.3 is 5.97 Å². The number of carbonyl (C=O) groups excluding carboxylic acids is 1. The molecule has 13 nitrogen and oxygen atoms in total. The Hall–Kier alpha value is -3.98. The number of hydrogen-bond donors (Lipinski definition) is 5. The molecule has 272 valence electrons. The fraction of sp³-hybridized carbons (Fsp3) is 0.514. The molecule has 5 rings (SSSR count). The number of allylic oxidation sites excluding steroid dienone is 2. The minimum atomic E-state index is -1.66. The van der Waals surface area contributed by atoms with Crippen LogP contribution < -0.4 is 19.6 Å². The van der Waals surface area contributed by atoms with Crippen LogP contribution in [0.25, 0.3) is 22.3 Å². The molecule has 13 heteroatoms. The van der Waals surface area contributed by atoms with Crippen LogP contribution in [0.5, 0.6) is 17.2 Å². The fourth-order valence-electron chi connectivity index (χ4n) is 6.59. The van der Waals surface area contributed by atoms with Crippen LogP contribution in [0.1, 0.15) is 46.6 Å². The topological polar surface area (TPSA) is 195 Å². The summed E-state index contributed by atoms with van der Waals surface area (Å²) in [6, 6.07) is 9.81. The molecule has 1 aliphatic heterocycles. The number of ether oxygens (including phenoxy) is 5. The van der Waals surface area contributed by atoms with Gasteiger partial charge in [0.05, 0.1) is 25.2 Å². The second-order valence-electron chi connectivity index (χ2n) is 13.3. The first kappa shape index (κ1) is 37.3. The van der Waals surface area contributed by atoms with E-state index < -0.39 is 72.9 Å². The summed E-state index contributed by atoms with van der Waals surface area (Å²) in [7, 11) is 1.53. The second-order valence-corrected chi connectivity index (χ2v) is 13.3. The highest BCUT2D eigenvalue weighted by atomic mass is 16.7. The Balaban J connectivity index is 1.65. The lowest BCUT2D eigenvalue weighted by molar-refractivity contribution is -0.277. The number of methoxy groups -OCH3 is 1. The van der Waals surface area contributed by atoms with Gasteiger partial charge in [-0.15, -0.1) is 0 Å². The van der Waals surface area contributed by atoms with Crippen LogP contribution >= 0.6 is 0 Å². The van der Waals surface area contributed by atoms with Crippen LogP contribution in [0.4, 0.5) is 0 Å². The summed E-state index contributed by atoms with van der Waals surface area (Å²) in [6.45, 7) is 8.15. The average molecular weight is 699 g/mol. The van der Waals surface area contributed by atoms with E-state index in [4.69, 9.17) is 28.1 Å². The smallest absolute Gasteiger partial charge is 0.302 e. The van der Waals surface area contributed by atoms with Crippen molar-refractivity contribution >= 4 is 16.9 Å². The van der Waals surface area contributed by atoms with Gasteiger partial charge in [0.25, 0.3) is 0 Å². The molecule has 0 spiro atoms. The lowest BCUT2D eigenvalue weighted by Gasteiger charge is -2.41. The Morgan fingerprint density at radius 2 is 1.64 bits per heavy atom. The number of aliphatic hydroxyl groups excluding tert-OH is 5. The van der Waals surface area contributed by atoms with Crippen molar-refractivity contribution in [2.75, 3.05) is 13.7 Å². The Morgan fingerprint density at radius 3 is 2.26 bits per heavy atom. The molecule has 0 radical (unpaired) electrons. The Kier molecular flexibility index (Phi) is 11.6. The van der Waals surface area contributed by atoms with E-state index in [1.807, 2.05) is 26.8 Å². The van der Waals surface area contributed by atoms with Crippen molar-refractivity contribution in [1.82, 2.24) is 0 Å². The first-order valence-corrected chi connectivity index (χ1v) is 16.6. The van der Waals surface area contributed by atoms with Crippen LogP contribution in [-0.2, 0) is 20.7 Å². The number of benzene rings is 2. The zero-order valence-electron chi connectivity index (χ0n) is 28.9. The van der Waals surface area contributed by atoms with Gasteiger partial charge in [-0.2, -0.15) is 0 Å². The molecule has 1 aromatic heterocycles. The summed E-state index contributed by atoms with van der Waals surface area (Å²) in [5.74, 6) is -0.411. The maximum Gasteiger partial charge on any atom is 0.302 e. The van der Waals surface area contributed by atoms with Crippen LogP contribution in [0.2, 0.25) is 0 Å². The van der Waals surface area contributed by atoms with Gasteiger partial charge in [0.2, 0.25) is 17.5 Å². The largest absolute Gasteiger partial charge is 0.497 e. The third-order valence-corrected chi connectivity index (χ3v) is 9.41. The van der Waals surface area contributed by atoms with Crippen molar-refractivity contribution in [1.29, 1.82) is 0 Å². The number of hydrogen-bond acceptors (Lipinski definition) is 13. The standard InChI is InChI=1S/C37H46O13/c1-17(2)7-12-23-25(48-37-32(44)31(43)30(42)27(16-38)49-37)14-13-24-29(41)36(34(50-35(23)24)21-8-10-22(45-6)11-9-21)47-26-15-18(3)33(46-20(5)39)19(4)28(26)40/h7-11,13-14,18-19,26-28,30-33,37-38,40,42-44H,12,15-16H2,1-6H3/t18-,19-,26+,27+,28+,30+,31-,32+,33-,37-/m0/s1. The summed E-state index contributed by atoms with van der Waals surface area (Å²) < 4.78 is 35.5. The first-order valence-electron chi connectivity index (χ1n) is 16.6. The number of fused-ring (bicyclic) bond motifs is 1. The third-order valence-electron chi connectivity index (χ3n) is 9.41. The van der Waals surface area contributed by atoms with Gasteiger partial charge in [0.1, 0.15) is 53.7 Å². The van der Waals surface area contributed by atoms with E-state index in [-0.39, 0.29) is 40.6 Å². The van der Waals surface area contributed by atoms with Crippen molar-refractivity contribution in [2.45, 2.75) is 96.5 Å². The van der Waals surface area contributed by atoms with Gasteiger partial charge in [-0.05, 0) is 69.0 Å². The zero-order chi connectivity index (χ0) is 36.4. The van der Waals surface area contributed by atoms with E-state index in [9.17, 15) is 35.1 Å². The zero-order valence-corrected chi connectivity index (χ0v) is 28.9. The summed E-state index contributed by atoms with van der Waals surface area (Å²) in [4.78, 5) is 26.2. The molecule has 1 saturated carbocycles. The predicted molar refractivity (Wildman–Crippen MR) is 181 cm³/mol. The molecular formula is C37H46O13. The quantitative estimate of drug-likeness (QED) is 0.153. The summed E-state index contributed by atoms with van der Waals surface area (Å²) >= 11 is 0.